The van der Waals surface area contributed by atoms with Crippen LogP contribution in [0.5, 0.6) is 11.5 Å². The zero-order valence-electron chi connectivity index (χ0n) is 16.5. The van der Waals surface area contributed by atoms with E-state index in [2.05, 4.69) is 35.5 Å². The smallest absolute Gasteiger partial charge is 0.161 e. The lowest BCUT2D eigenvalue weighted by molar-refractivity contribution is 0.0558. The quantitative estimate of drug-likeness (QED) is 0.907. The first kappa shape index (κ1) is 18.5. The molecule has 3 fully saturated rings. The Morgan fingerprint density at radius 1 is 1.04 bits per heavy atom. The van der Waals surface area contributed by atoms with Gasteiger partial charge in [0.25, 0.3) is 0 Å². The molecule has 2 aliphatic heterocycles. The number of hydrogen-bond acceptors (Lipinski definition) is 4. The lowest BCUT2D eigenvalue weighted by atomic mass is 9.59. The number of fused-ring (bicyclic) bond motifs is 1. The first-order valence-electron chi connectivity index (χ1n) is 9.80. The first-order valence-corrected chi connectivity index (χ1v) is 9.80. The monoisotopic (exact) mass is 346 g/mol. The summed E-state index contributed by atoms with van der Waals surface area (Å²) in [5.74, 6) is 1.68. The fraction of sp³-hybridized carbons (Fsp3) is 0.714. The number of likely N-dealkylation sites (tertiary alicyclic amines) is 1. The first-order chi connectivity index (χ1) is 12.1. The highest BCUT2D eigenvalue weighted by atomic mass is 16.5. The molecule has 0 bridgehead atoms. The highest BCUT2D eigenvalue weighted by molar-refractivity contribution is 5.46. The topological polar surface area (TPSA) is 33.7 Å². The van der Waals surface area contributed by atoms with Crippen molar-refractivity contribution in [1.82, 2.24) is 10.2 Å². The number of nitrogens with zero attached hydrogens (tertiary/aromatic N) is 1. The lowest BCUT2D eigenvalue weighted by Crippen LogP contribution is -2.64. The summed E-state index contributed by atoms with van der Waals surface area (Å²) in [6.45, 7) is 6.38. The minimum absolute atomic E-state index is 0.275. The predicted octanol–water partition coefficient (Wildman–Crippen LogP) is 3.59. The summed E-state index contributed by atoms with van der Waals surface area (Å²) in [7, 11) is 5.73. The molecule has 0 amide bonds. The highest BCUT2D eigenvalue weighted by Gasteiger charge is 2.55. The van der Waals surface area contributed by atoms with Crippen LogP contribution in [0.3, 0.4) is 0 Å². The van der Waals surface area contributed by atoms with Crippen molar-refractivity contribution in [2.75, 3.05) is 34.4 Å². The van der Waals surface area contributed by atoms with Gasteiger partial charge < -0.3 is 19.7 Å². The summed E-state index contributed by atoms with van der Waals surface area (Å²) in [5, 5.41) is 3.73. The van der Waals surface area contributed by atoms with Crippen molar-refractivity contribution in [3.63, 3.8) is 0 Å². The number of hydrogen-bond donors (Lipinski definition) is 1. The molecule has 0 radical (unpaired) electrons. The Balaban J connectivity index is 0.000000880. The molecule has 1 unspecified atom stereocenters. The predicted molar refractivity (Wildman–Crippen MR) is 103 cm³/mol. The van der Waals surface area contributed by atoms with E-state index in [1.807, 2.05) is 13.8 Å². The van der Waals surface area contributed by atoms with E-state index in [1.165, 1.54) is 50.8 Å². The molecule has 3 aliphatic rings. The summed E-state index contributed by atoms with van der Waals surface area (Å²) in [4.78, 5) is 2.58. The van der Waals surface area contributed by atoms with E-state index in [9.17, 15) is 0 Å². The van der Waals surface area contributed by atoms with Gasteiger partial charge >= 0.3 is 0 Å². The molecule has 1 aromatic rings. The van der Waals surface area contributed by atoms with Gasteiger partial charge in [-0.25, -0.2) is 0 Å². The number of benzene rings is 1. The van der Waals surface area contributed by atoms with E-state index in [-0.39, 0.29) is 5.41 Å². The van der Waals surface area contributed by atoms with Crippen molar-refractivity contribution < 1.29 is 9.47 Å². The van der Waals surface area contributed by atoms with Gasteiger partial charge in [0.05, 0.1) is 14.2 Å². The molecule has 4 nitrogen and oxygen atoms in total. The maximum absolute atomic E-state index is 5.56. The maximum Gasteiger partial charge on any atom is 0.161 e. The Hall–Kier alpha value is -1.26. The average molecular weight is 347 g/mol. The minimum atomic E-state index is 0.275. The van der Waals surface area contributed by atoms with Crippen LogP contribution in [0, 0.1) is 0 Å². The zero-order chi connectivity index (χ0) is 18.1. The van der Waals surface area contributed by atoms with Crippen LogP contribution in [0.4, 0.5) is 0 Å². The molecular formula is C21H34N2O2. The fourth-order valence-corrected chi connectivity index (χ4v) is 5.19. The van der Waals surface area contributed by atoms with Crippen LogP contribution < -0.4 is 14.8 Å². The van der Waals surface area contributed by atoms with Crippen molar-refractivity contribution >= 4 is 0 Å². The second kappa shape index (κ2) is 7.16. The van der Waals surface area contributed by atoms with Gasteiger partial charge in [0.15, 0.2) is 11.5 Å². The number of rotatable bonds is 3. The van der Waals surface area contributed by atoms with E-state index in [1.54, 1.807) is 14.2 Å². The van der Waals surface area contributed by atoms with E-state index in [4.69, 9.17) is 9.47 Å². The molecular weight excluding hydrogens is 312 g/mol. The Labute approximate surface area is 152 Å². The molecule has 4 heteroatoms. The fourth-order valence-electron chi connectivity index (χ4n) is 5.19. The molecule has 140 valence electrons. The normalized spacial score (nSPS) is 33.9. The summed E-state index contributed by atoms with van der Waals surface area (Å²) < 4.78 is 11.0. The summed E-state index contributed by atoms with van der Waals surface area (Å²) >= 11 is 0. The summed E-state index contributed by atoms with van der Waals surface area (Å²) in [6, 6.07) is 7.18. The standard InChI is InChI=1S/C19H28N2O2.C2H6/c1-21-11-9-19(7-6-18(8-10-20-18)13-17(19)21)14-4-5-15(22-2)16(12-14)23-3;1-2/h4-5,12,17,20H,6-11,13H2,1-3H3;1-2H3/t17-,18?,19-;/m0./s1. The second-order valence-electron chi connectivity index (χ2n) is 7.63. The van der Waals surface area contributed by atoms with Gasteiger partial charge in [0, 0.05) is 17.0 Å². The molecule has 4 rings (SSSR count). The molecule has 25 heavy (non-hydrogen) atoms. The summed E-state index contributed by atoms with van der Waals surface area (Å²) in [5.41, 5.74) is 2.12. The van der Waals surface area contributed by atoms with Crippen LogP contribution in [0.15, 0.2) is 18.2 Å². The van der Waals surface area contributed by atoms with Gasteiger partial charge in [-0.15, -0.1) is 0 Å². The summed E-state index contributed by atoms with van der Waals surface area (Å²) in [6.07, 6.45) is 6.44. The zero-order valence-corrected chi connectivity index (χ0v) is 16.5. The van der Waals surface area contributed by atoms with Crippen molar-refractivity contribution in [1.29, 1.82) is 0 Å². The molecule has 1 saturated carbocycles. The van der Waals surface area contributed by atoms with Crippen molar-refractivity contribution in [3.8, 4) is 11.5 Å². The average Bonchev–Trinajstić information content (AvgIpc) is 2.98. The maximum atomic E-state index is 5.56. The third-order valence-electron chi connectivity index (χ3n) is 6.78. The van der Waals surface area contributed by atoms with Gasteiger partial charge in [-0.3, -0.25) is 0 Å². The Morgan fingerprint density at radius 2 is 1.76 bits per heavy atom. The molecule has 1 aliphatic carbocycles. The van der Waals surface area contributed by atoms with E-state index < -0.39 is 0 Å². The minimum Gasteiger partial charge on any atom is -0.493 e. The van der Waals surface area contributed by atoms with Crippen LogP contribution >= 0.6 is 0 Å². The Morgan fingerprint density at radius 3 is 2.36 bits per heavy atom. The third-order valence-corrected chi connectivity index (χ3v) is 6.78. The number of ether oxygens (including phenoxy) is 2. The molecule has 2 saturated heterocycles. The van der Waals surface area contributed by atoms with Crippen LogP contribution in [0.2, 0.25) is 0 Å². The molecule has 2 heterocycles. The number of likely N-dealkylation sites (N-methyl/N-ethyl adjacent to an activating group) is 1. The molecule has 1 N–H and O–H groups in total. The second-order valence-corrected chi connectivity index (χ2v) is 7.63. The third kappa shape index (κ3) is 2.93. The van der Waals surface area contributed by atoms with Crippen LogP contribution in [-0.2, 0) is 5.41 Å². The largest absolute Gasteiger partial charge is 0.493 e. The van der Waals surface area contributed by atoms with Gasteiger partial charge in [-0.05, 0) is 69.9 Å². The van der Waals surface area contributed by atoms with E-state index in [0.29, 0.717) is 11.6 Å². The number of nitrogens with one attached hydrogen (secondary N) is 1. The Bertz CT molecular complexity index is 600. The van der Waals surface area contributed by atoms with Crippen LogP contribution in [0.25, 0.3) is 0 Å². The van der Waals surface area contributed by atoms with Gasteiger partial charge in [0.1, 0.15) is 0 Å². The van der Waals surface area contributed by atoms with Crippen molar-refractivity contribution in [2.24, 2.45) is 0 Å². The Kier molecular flexibility index (Phi) is 5.31. The van der Waals surface area contributed by atoms with Crippen LogP contribution in [-0.4, -0.2) is 50.8 Å². The molecule has 1 spiro atoms. The molecule has 1 aromatic carbocycles. The SMILES string of the molecule is CC.COc1ccc([C@]23CCN(C)[C@H]2CC2(CCN2)CC3)cc1OC. The van der Waals surface area contributed by atoms with Crippen molar-refractivity contribution in [3.05, 3.63) is 23.8 Å². The lowest BCUT2D eigenvalue weighted by Gasteiger charge is -2.55. The van der Waals surface area contributed by atoms with Gasteiger partial charge in [0.2, 0.25) is 0 Å². The van der Waals surface area contributed by atoms with Crippen LogP contribution in [0.1, 0.15) is 51.5 Å². The van der Waals surface area contributed by atoms with Gasteiger partial charge in [-0.2, -0.15) is 0 Å². The van der Waals surface area contributed by atoms with Crippen molar-refractivity contribution in [2.45, 2.75) is 62.9 Å². The van der Waals surface area contributed by atoms with E-state index >= 15 is 0 Å². The van der Waals surface area contributed by atoms with E-state index in [0.717, 1.165) is 11.5 Å². The molecule has 3 atom stereocenters. The number of methoxy groups -OCH3 is 2. The highest BCUT2D eigenvalue weighted by Crippen LogP contribution is 2.53. The molecule has 0 aromatic heterocycles. The van der Waals surface area contributed by atoms with Gasteiger partial charge in [-0.1, -0.05) is 19.9 Å².